The minimum Gasteiger partial charge on any atom is -0.393 e. The normalized spacial score (nSPS) is 20.1. The number of aliphatic hydroxyl groups excluding tert-OH is 1. The summed E-state index contributed by atoms with van der Waals surface area (Å²) in [5.74, 6) is 0.738. The van der Waals surface area contributed by atoms with Crippen molar-refractivity contribution in [2.24, 2.45) is 0 Å². The average Bonchev–Trinajstić information content (AvgIpc) is 3.26. The van der Waals surface area contributed by atoms with Crippen LogP contribution in [0.5, 0.6) is 0 Å². The number of likely N-dealkylation sites (tertiary alicyclic amines) is 1. The summed E-state index contributed by atoms with van der Waals surface area (Å²) in [6.45, 7) is 5.50. The number of aromatic amines is 1. The van der Waals surface area contributed by atoms with Crippen molar-refractivity contribution in [3.05, 3.63) is 51.1 Å². The van der Waals surface area contributed by atoms with Crippen LogP contribution in [0.3, 0.4) is 0 Å². The molecule has 1 saturated carbocycles. The third kappa shape index (κ3) is 3.97. The number of nitrogens with one attached hydrogen (secondary N) is 1. The van der Waals surface area contributed by atoms with Gasteiger partial charge in [-0.15, -0.1) is 5.10 Å². The third-order valence-corrected chi connectivity index (χ3v) is 7.16. The second-order valence-electron chi connectivity index (χ2n) is 9.54. The van der Waals surface area contributed by atoms with E-state index >= 15 is 0 Å². The van der Waals surface area contributed by atoms with Gasteiger partial charge in [0.05, 0.1) is 17.7 Å². The van der Waals surface area contributed by atoms with E-state index in [1.54, 1.807) is 0 Å². The van der Waals surface area contributed by atoms with Gasteiger partial charge in [-0.05, 0) is 73.0 Å². The van der Waals surface area contributed by atoms with E-state index in [2.05, 4.69) is 44.5 Å². The van der Waals surface area contributed by atoms with Gasteiger partial charge in [0.2, 0.25) is 0 Å². The Kier molecular flexibility index (Phi) is 5.82. The molecule has 1 aromatic carbocycles. The topological polar surface area (TPSA) is 99.9 Å². The maximum Gasteiger partial charge on any atom is 0.253 e. The molecule has 0 amide bonds. The summed E-state index contributed by atoms with van der Waals surface area (Å²) in [4.78, 5) is 18.8. The highest BCUT2D eigenvalue weighted by molar-refractivity contribution is 5.83. The lowest BCUT2D eigenvalue weighted by Gasteiger charge is -2.36. The molecule has 1 aliphatic carbocycles. The van der Waals surface area contributed by atoms with Crippen LogP contribution in [0.15, 0.2) is 23.0 Å². The lowest BCUT2D eigenvalue weighted by molar-refractivity contribution is 0.0651. The molecule has 0 bridgehead atoms. The first kappa shape index (κ1) is 21.3. The van der Waals surface area contributed by atoms with Crippen molar-refractivity contribution in [1.82, 2.24) is 30.1 Å². The molecule has 2 fully saturated rings. The second kappa shape index (κ2) is 8.75. The molecule has 0 spiro atoms. The summed E-state index contributed by atoms with van der Waals surface area (Å²) >= 11 is 0. The average molecular weight is 437 g/mol. The molecule has 8 nitrogen and oxygen atoms in total. The molecular formula is C24H32N6O2. The van der Waals surface area contributed by atoms with E-state index in [4.69, 9.17) is 0 Å². The van der Waals surface area contributed by atoms with Gasteiger partial charge in [0, 0.05) is 18.7 Å². The minimum atomic E-state index is -0.339. The number of hydrogen-bond acceptors (Lipinski definition) is 6. The number of fused-ring (bicyclic) bond motifs is 1. The maximum absolute atomic E-state index is 13.4. The van der Waals surface area contributed by atoms with Crippen LogP contribution in [-0.2, 0) is 0 Å². The van der Waals surface area contributed by atoms with Crippen molar-refractivity contribution in [2.45, 2.75) is 77.0 Å². The number of H-pyrrole nitrogens is 1. The third-order valence-electron chi connectivity index (χ3n) is 7.16. The Morgan fingerprint density at radius 1 is 1.06 bits per heavy atom. The van der Waals surface area contributed by atoms with Gasteiger partial charge in [0.25, 0.3) is 5.56 Å². The molecule has 2 aliphatic rings. The van der Waals surface area contributed by atoms with Crippen molar-refractivity contribution in [2.75, 3.05) is 13.1 Å². The Labute approximate surface area is 187 Å². The summed E-state index contributed by atoms with van der Waals surface area (Å²) in [7, 11) is 0. The van der Waals surface area contributed by atoms with Crippen LogP contribution in [0.1, 0.15) is 79.5 Å². The number of nitrogens with zero attached hydrogens (tertiary/aromatic N) is 5. The maximum atomic E-state index is 13.4. The van der Waals surface area contributed by atoms with Crippen LogP contribution < -0.4 is 5.56 Å². The Balaban J connectivity index is 1.64. The number of aromatic nitrogens is 5. The Morgan fingerprint density at radius 3 is 2.56 bits per heavy atom. The lowest BCUT2D eigenvalue weighted by Crippen LogP contribution is -2.42. The lowest BCUT2D eigenvalue weighted by atomic mass is 9.94. The largest absolute Gasteiger partial charge is 0.393 e. The van der Waals surface area contributed by atoms with Crippen LogP contribution in [0.2, 0.25) is 0 Å². The number of aliphatic hydroxyl groups is 1. The van der Waals surface area contributed by atoms with E-state index in [1.165, 1.54) is 19.3 Å². The molecule has 3 aromatic rings. The summed E-state index contributed by atoms with van der Waals surface area (Å²) in [5.41, 5.74) is 3.68. The van der Waals surface area contributed by atoms with Crippen LogP contribution in [0.4, 0.5) is 0 Å². The molecule has 2 aromatic heterocycles. The van der Waals surface area contributed by atoms with Crippen molar-refractivity contribution in [3.8, 4) is 0 Å². The number of rotatable bonds is 4. The number of pyridine rings is 1. The Bertz CT molecular complexity index is 1150. The molecule has 3 heterocycles. The van der Waals surface area contributed by atoms with Gasteiger partial charge in [-0.3, -0.25) is 9.69 Å². The molecule has 8 heteroatoms. The molecule has 32 heavy (non-hydrogen) atoms. The minimum absolute atomic E-state index is 0.0984. The molecule has 1 aliphatic heterocycles. The van der Waals surface area contributed by atoms with E-state index in [9.17, 15) is 9.90 Å². The highest BCUT2D eigenvalue weighted by atomic mass is 16.3. The zero-order chi connectivity index (χ0) is 22.2. The molecule has 0 radical (unpaired) electrons. The van der Waals surface area contributed by atoms with E-state index in [-0.39, 0.29) is 23.7 Å². The van der Waals surface area contributed by atoms with Crippen molar-refractivity contribution in [3.63, 3.8) is 0 Å². The first-order valence-electron chi connectivity index (χ1n) is 11.9. The van der Waals surface area contributed by atoms with Crippen LogP contribution in [0, 0.1) is 13.8 Å². The molecular weight excluding hydrogens is 404 g/mol. The molecule has 1 atom stereocenters. The van der Waals surface area contributed by atoms with Gasteiger partial charge in [-0.2, -0.15) is 0 Å². The zero-order valence-electron chi connectivity index (χ0n) is 18.9. The van der Waals surface area contributed by atoms with Crippen LogP contribution in [0.25, 0.3) is 10.9 Å². The second-order valence-corrected chi connectivity index (χ2v) is 9.54. The van der Waals surface area contributed by atoms with E-state index in [0.717, 1.165) is 40.7 Å². The summed E-state index contributed by atoms with van der Waals surface area (Å²) < 4.78 is 1.97. The fourth-order valence-corrected chi connectivity index (χ4v) is 5.52. The van der Waals surface area contributed by atoms with Gasteiger partial charge >= 0.3 is 0 Å². The first-order chi connectivity index (χ1) is 15.5. The monoisotopic (exact) mass is 436 g/mol. The van der Waals surface area contributed by atoms with Gasteiger partial charge in [-0.1, -0.05) is 30.9 Å². The fraction of sp³-hybridized carbons (Fsp3) is 0.583. The number of tetrazole rings is 1. The zero-order valence-corrected chi connectivity index (χ0v) is 18.9. The molecule has 5 rings (SSSR count). The highest BCUT2D eigenvalue weighted by Gasteiger charge is 2.34. The number of benzene rings is 1. The molecule has 0 unspecified atom stereocenters. The predicted molar refractivity (Wildman–Crippen MR) is 123 cm³/mol. The fourth-order valence-electron chi connectivity index (χ4n) is 5.52. The molecule has 2 N–H and O–H groups in total. The highest BCUT2D eigenvalue weighted by Crippen LogP contribution is 2.34. The van der Waals surface area contributed by atoms with Gasteiger partial charge in [0.1, 0.15) is 6.04 Å². The Morgan fingerprint density at radius 2 is 1.81 bits per heavy atom. The van der Waals surface area contributed by atoms with Gasteiger partial charge < -0.3 is 10.1 Å². The SMILES string of the molecule is Cc1cc(C)c2[nH]c(=O)c([C@@H](c3nnnn3C3CCCCC3)N3CCC(O)CC3)cc2c1. The van der Waals surface area contributed by atoms with E-state index in [0.29, 0.717) is 31.5 Å². The number of piperidine rings is 1. The standard InChI is InChI=1S/C24H32N6O2/c1-15-12-16(2)21-17(13-15)14-20(24(32)25-21)22(29-10-8-19(31)9-11-29)23-26-27-28-30(23)18-6-4-3-5-7-18/h12-14,18-19,22,31H,3-11H2,1-2H3,(H,25,32)/t22-/m0/s1. The Hall–Kier alpha value is -2.58. The van der Waals surface area contributed by atoms with Crippen LogP contribution in [-0.4, -0.2) is 54.4 Å². The van der Waals surface area contributed by atoms with Gasteiger partial charge in [-0.25, -0.2) is 4.68 Å². The van der Waals surface area contributed by atoms with Crippen molar-refractivity contribution in [1.29, 1.82) is 0 Å². The molecule has 170 valence electrons. The number of aryl methyl sites for hydroxylation is 2. The van der Waals surface area contributed by atoms with Crippen molar-refractivity contribution >= 4 is 10.9 Å². The predicted octanol–water partition coefficient (Wildman–Crippen LogP) is 3.18. The summed E-state index contributed by atoms with van der Waals surface area (Å²) in [5, 5.41) is 24.0. The quantitative estimate of drug-likeness (QED) is 0.652. The smallest absolute Gasteiger partial charge is 0.253 e. The van der Waals surface area contributed by atoms with E-state index in [1.807, 2.05) is 17.7 Å². The first-order valence-corrected chi connectivity index (χ1v) is 11.9. The number of hydrogen-bond donors (Lipinski definition) is 2. The van der Waals surface area contributed by atoms with Crippen molar-refractivity contribution < 1.29 is 5.11 Å². The summed E-state index contributed by atoms with van der Waals surface area (Å²) in [6, 6.07) is 6.15. The van der Waals surface area contributed by atoms with E-state index < -0.39 is 0 Å². The van der Waals surface area contributed by atoms with Crippen LogP contribution >= 0.6 is 0 Å². The molecule has 1 saturated heterocycles. The van der Waals surface area contributed by atoms with Gasteiger partial charge in [0.15, 0.2) is 5.82 Å². The summed E-state index contributed by atoms with van der Waals surface area (Å²) in [6.07, 6.45) is 6.83.